The van der Waals surface area contributed by atoms with E-state index in [1.54, 1.807) is 36.4 Å². The van der Waals surface area contributed by atoms with Crippen LogP contribution in [-0.4, -0.2) is 6.79 Å². The predicted octanol–water partition coefficient (Wildman–Crippen LogP) is 6.07. The Labute approximate surface area is 157 Å². The molecule has 2 nitrogen and oxygen atoms in total. The Morgan fingerprint density at radius 1 is 0.741 bits per heavy atom. The van der Waals surface area contributed by atoms with Crippen LogP contribution >= 0.6 is 0 Å². The van der Waals surface area contributed by atoms with Crippen molar-refractivity contribution < 1.29 is 18.0 Å². The Hall–Kier alpha value is -3.08. The molecule has 0 heterocycles. The molecule has 5 heteroatoms. The van der Waals surface area contributed by atoms with Crippen LogP contribution in [0, 0.1) is 13.8 Å². The monoisotopic (exact) mass is 373 g/mol. The highest BCUT2D eigenvalue weighted by atomic mass is 19.4. The Bertz CT molecular complexity index is 825. The molecule has 0 aromatic heterocycles. The molecule has 0 atom stereocenters. The van der Waals surface area contributed by atoms with Crippen molar-refractivity contribution in [2.24, 2.45) is 0 Å². The van der Waals surface area contributed by atoms with Gasteiger partial charge >= 0.3 is 6.18 Å². The summed E-state index contributed by atoms with van der Waals surface area (Å²) in [6, 6.07) is 20.2. The first-order valence-corrected chi connectivity index (χ1v) is 8.13. The zero-order chi connectivity index (χ0) is 20.4. The molecule has 3 aromatic carbocycles. The van der Waals surface area contributed by atoms with Gasteiger partial charge < -0.3 is 10.5 Å². The highest BCUT2D eigenvalue weighted by Gasteiger charge is 2.33. The van der Waals surface area contributed by atoms with Gasteiger partial charge in [0.05, 0.1) is 5.56 Å². The first kappa shape index (κ1) is 22.0. The molecule has 0 bridgehead atoms. The quantitative estimate of drug-likeness (QED) is 0.526. The SMILES string of the molecule is C=O.Cc1cccc(C)c1N.FC(F)(F)c1ccccc1-c1ccccc1. The maximum Gasteiger partial charge on any atom is 0.417 e. The number of anilines is 1. The Kier molecular flexibility index (Phi) is 8.27. The van der Waals surface area contributed by atoms with Crippen LogP contribution in [0.1, 0.15) is 16.7 Å². The van der Waals surface area contributed by atoms with Gasteiger partial charge in [0, 0.05) is 5.69 Å². The van der Waals surface area contributed by atoms with Crippen LogP contribution in [0.2, 0.25) is 0 Å². The first-order chi connectivity index (χ1) is 12.8. The van der Waals surface area contributed by atoms with Gasteiger partial charge in [-0.3, -0.25) is 0 Å². The molecule has 3 aromatic rings. The summed E-state index contributed by atoms with van der Waals surface area (Å²) in [4.78, 5) is 8.00. The molecule has 3 rings (SSSR count). The topological polar surface area (TPSA) is 43.1 Å². The summed E-state index contributed by atoms with van der Waals surface area (Å²) in [6.45, 7) is 6.03. The molecule has 0 unspecified atom stereocenters. The fourth-order valence-electron chi connectivity index (χ4n) is 2.43. The van der Waals surface area contributed by atoms with Crippen LogP contribution in [0.25, 0.3) is 11.1 Å². The van der Waals surface area contributed by atoms with E-state index in [0.717, 1.165) is 22.9 Å². The van der Waals surface area contributed by atoms with E-state index in [-0.39, 0.29) is 5.56 Å². The number of para-hydroxylation sites is 1. The zero-order valence-corrected chi connectivity index (χ0v) is 15.3. The fourth-order valence-corrected chi connectivity index (χ4v) is 2.43. The Balaban J connectivity index is 0.000000282. The Morgan fingerprint density at radius 2 is 1.22 bits per heavy atom. The van der Waals surface area contributed by atoms with Gasteiger partial charge in [0.1, 0.15) is 6.79 Å². The highest BCUT2D eigenvalue weighted by molar-refractivity contribution is 5.67. The van der Waals surface area contributed by atoms with Crippen molar-refractivity contribution in [3.8, 4) is 11.1 Å². The lowest BCUT2D eigenvalue weighted by Crippen LogP contribution is -2.06. The number of nitrogen functional groups attached to an aromatic ring is 1. The van der Waals surface area contributed by atoms with Crippen LogP contribution in [0.15, 0.2) is 72.8 Å². The van der Waals surface area contributed by atoms with E-state index in [9.17, 15) is 13.2 Å². The number of carbonyl (C=O) groups is 1. The van der Waals surface area contributed by atoms with Crippen LogP contribution in [0.3, 0.4) is 0 Å². The summed E-state index contributed by atoms with van der Waals surface area (Å²) in [7, 11) is 0. The number of nitrogens with two attached hydrogens (primary N) is 1. The first-order valence-electron chi connectivity index (χ1n) is 8.13. The lowest BCUT2D eigenvalue weighted by Gasteiger charge is -2.12. The highest BCUT2D eigenvalue weighted by Crippen LogP contribution is 2.36. The minimum absolute atomic E-state index is 0.218. The van der Waals surface area contributed by atoms with Crippen molar-refractivity contribution >= 4 is 12.5 Å². The van der Waals surface area contributed by atoms with E-state index in [1.165, 1.54) is 12.1 Å². The van der Waals surface area contributed by atoms with Crippen LogP contribution in [0.5, 0.6) is 0 Å². The number of carbonyl (C=O) groups excluding carboxylic acids is 1. The van der Waals surface area contributed by atoms with E-state index >= 15 is 0 Å². The smallest absolute Gasteiger partial charge is 0.398 e. The summed E-state index contributed by atoms with van der Waals surface area (Å²) in [5.41, 5.74) is 9.12. The van der Waals surface area contributed by atoms with Gasteiger partial charge in [-0.15, -0.1) is 0 Å². The number of hydrogen-bond donors (Lipinski definition) is 1. The summed E-state index contributed by atoms with van der Waals surface area (Å²) in [5, 5.41) is 0. The standard InChI is InChI=1S/C13H9F3.C8H11N.CH2O/c14-13(15,16)12-9-5-4-8-11(12)10-6-2-1-3-7-10;1-6-4-3-5-7(2)8(6)9;1-2/h1-9H;3-5H,9H2,1-2H3;1H2. The second-order valence-corrected chi connectivity index (χ2v) is 5.71. The van der Waals surface area contributed by atoms with E-state index in [1.807, 2.05) is 38.8 Å². The molecule has 2 N–H and O–H groups in total. The lowest BCUT2D eigenvalue weighted by molar-refractivity contribution is -0.137. The van der Waals surface area contributed by atoms with Crippen molar-refractivity contribution in [1.29, 1.82) is 0 Å². The fraction of sp³-hybridized carbons (Fsp3) is 0.136. The lowest BCUT2D eigenvalue weighted by atomic mass is 9.99. The summed E-state index contributed by atoms with van der Waals surface area (Å²) in [6.07, 6.45) is -4.31. The second kappa shape index (κ2) is 10.2. The summed E-state index contributed by atoms with van der Waals surface area (Å²) < 4.78 is 38.2. The normalized spacial score (nSPS) is 10.1. The van der Waals surface area contributed by atoms with Gasteiger partial charge in [0.25, 0.3) is 0 Å². The minimum atomic E-state index is -4.31. The third-order valence-corrected chi connectivity index (χ3v) is 3.86. The van der Waals surface area contributed by atoms with Crippen molar-refractivity contribution in [1.82, 2.24) is 0 Å². The molecular formula is C22H22F3NO. The maximum absolute atomic E-state index is 12.7. The number of hydrogen-bond acceptors (Lipinski definition) is 2. The maximum atomic E-state index is 12.7. The Morgan fingerprint density at radius 3 is 1.70 bits per heavy atom. The molecule has 0 radical (unpaired) electrons. The number of rotatable bonds is 1. The molecule has 0 aliphatic carbocycles. The van der Waals surface area contributed by atoms with E-state index < -0.39 is 11.7 Å². The molecular weight excluding hydrogens is 351 g/mol. The molecule has 0 amide bonds. The van der Waals surface area contributed by atoms with Crippen molar-refractivity contribution in [3.05, 3.63) is 89.5 Å². The van der Waals surface area contributed by atoms with Gasteiger partial charge in [-0.05, 0) is 42.2 Å². The number of alkyl halides is 3. The summed E-state index contributed by atoms with van der Waals surface area (Å²) in [5.74, 6) is 0. The largest absolute Gasteiger partial charge is 0.417 e. The average Bonchev–Trinajstić information content (AvgIpc) is 2.68. The molecule has 0 spiro atoms. The number of aryl methyl sites for hydroxylation is 2. The van der Waals surface area contributed by atoms with E-state index in [0.29, 0.717) is 5.56 Å². The van der Waals surface area contributed by atoms with Crippen LogP contribution in [0.4, 0.5) is 18.9 Å². The van der Waals surface area contributed by atoms with Gasteiger partial charge in [-0.2, -0.15) is 13.2 Å². The van der Waals surface area contributed by atoms with Crippen LogP contribution in [-0.2, 0) is 11.0 Å². The van der Waals surface area contributed by atoms with Gasteiger partial charge in [-0.1, -0.05) is 66.7 Å². The molecule has 27 heavy (non-hydrogen) atoms. The van der Waals surface area contributed by atoms with Gasteiger partial charge in [0.2, 0.25) is 0 Å². The number of benzene rings is 3. The van der Waals surface area contributed by atoms with Gasteiger partial charge in [0.15, 0.2) is 0 Å². The van der Waals surface area contributed by atoms with Crippen LogP contribution < -0.4 is 5.73 Å². The molecule has 0 saturated carbocycles. The average molecular weight is 373 g/mol. The summed E-state index contributed by atoms with van der Waals surface area (Å²) >= 11 is 0. The van der Waals surface area contributed by atoms with E-state index in [4.69, 9.17) is 10.5 Å². The van der Waals surface area contributed by atoms with E-state index in [2.05, 4.69) is 0 Å². The van der Waals surface area contributed by atoms with Crippen molar-refractivity contribution in [2.45, 2.75) is 20.0 Å². The molecule has 0 saturated heterocycles. The van der Waals surface area contributed by atoms with Crippen molar-refractivity contribution in [3.63, 3.8) is 0 Å². The molecule has 0 aliphatic rings. The van der Waals surface area contributed by atoms with Gasteiger partial charge in [-0.25, -0.2) is 0 Å². The second-order valence-electron chi connectivity index (χ2n) is 5.71. The zero-order valence-electron chi connectivity index (χ0n) is 15.3. The third kappa shape index (κ3) is 6.29. The predicted molar refractivity (Wildman–Crippen MR) is 104 cm³/mol. The number of halogens is 3. The molecule has 142 valence electrons. The molecule has 0 fully saturated rings. The van der Waals surface area contributed by atoms with Crippen molar-refractivity contribution in [2.75, 3.05) is 5.73 Å². The third-order valence-electron chi connectivity index (χ3n) is 3.86. The molecule has 0 aliphatic heterocycles. The minimum Gasteiger partial charge on any atom is -0.398 e.